The van der Waals surface area contributed by atoms with Crippen molar-refractivity contribution in [1.82, 2.24) is 0 Å². The third-order valence-corrected chi connectivity index (χ3v) is 7.42. The zero-order valence-electron chi connectivity index (χ0n) is 11.6. The molecule has 1 aliphatic rings. The van der Waals surface area contributed by atoms with Gasteiger partial charge >= 0.3 is 0 Å². The lowest BCUT2D eigenvalue weighted by molar-refractivity contribution is -0.0698. The summed E-state index contributed by atoms with van der Waals surface area (Å²) in [7, 11) is -1.45. The zero-order valence-corrected chi connectivity index (χ0v) is 12.6. The van der Waals surface area contributed by atoms with Gasteiger partial charge in [-0.15, -0.1) is 0 Å². The monoisotopic (exact) mass is 264 g/mol. The first-order valence-corrected chi connectivity index (χ1v) is 10.0. The second-order valence-corrected chi connectivity index (χ2v) is 10.9. The highest BCUT2D eigenvalue weighted by atomic mass is 28.3. The molecule has 0 spiro atoms. The molecule has 1 aromatic rings. The molecule has 3 atom stereocenters. The van der Waals surface area contributed by atoms with Crippen molar-refractivity contribution in [2.75, 3.05) is 6.61 Å². The van der Waals surface area contributed by atoms with Gasteiger partial charge in [0.05, 0.1) is 26.9 Å². The minimum Gasteiger partial charge on any atom is -0.393 e. The van der Waals surface area contributed by atoms with Crippen molar-refractivity contribution in [2.24, 2.45) is 5.92 Å². The molecule has 1 N–H and O–H groups in total. The standard InChI is InChI=1S/C15H24O2Si/c1-12-10-17-13(9-15(12)16)11-18(2,3)14-7-5-4-6-8-14/h4-8,12-13,15-16H,9-11H2,1-3H3/t12-,13+,15+/m1/s1. The first kappa shape index (κ1) is 13.8. The van der Waals surface area contributed by atoms with Gasteiger partial charge in [-0.3, -0.25) is 0 Å². The van der Waals surface area contributed by atoms with Crippen molar-refractivity contribution in [3.05, 3.63) is 30.3 Å². The molecule has 0 aromatic heterocycles. The number of aliphatic hydroxyl groups is 1. The van der Waals surface area contributed by atoms with E-state index in [1.807, 2.05) is 0 Å². The molecular formula is C15H24O2Si. The Bertz CT molecular complexity index is 377. The Balaban J connectivity index is 2.00. The van der Waals surface area contributed by atoms with Crippen LogP contribution in [0.15, 0.2) is 30.3 Å². The second kappa shape index (κ2) is 5.55. The third kappa shape index (κ3) is 3.22. The fraction of sp³-hybridized carbons (Fsp3) is 0.600. The Morgan fingerprint density at radius 2 is 1.94 bits per heavy atom. The lowest BCUT2D eigenvalue weighted by Crippen LogP contribution is -2.47. The van der Waals surface area contributed by atoms with Gasteiger partial charge in [-0.1, -0.05) is 55.5 Å². The highest BCUT2D eigenvalue weighted by Gasteiger charge is 2.33. The van der Waals surface area contributed by atoms with Crippen LogP contribution >= 0.6 is 0 Å². The molecule has 0 unspecified atom stereocenters. The van der Waals surface area contributed by atoms with E-state index in [0.717, 1.165) is 12.5 Å². The number of ether oxygens (including phenoxy) is 1. The molecule has 1 aromatic carbocycles. The van der Waals surface area contributed by atoms with Crippen LogP contribution in [-0.2, 0) is 4.74 Å². The normalized spacial score (nSPS) is 29.2. The van der Waals surface area contributed by atoms with E-state index in [4.69, 9.17) is 4.74 Å². The van der Waals surface area contributed by atoms with Gasteiger partial charge in [0.2, 0.25) is 0 Å². The molecule has 100 valence electrons. The molecule has 1 fully saturated rings. The fourth-order valence-corrected chi connectivity index (χ4v) is 5.44. The average Bonchev–Trinajstić information content (AvgIpc) is 2.35. The zero-order chi connectivity index (χ0) is 13.2. The first-order chi connectivity index (χ1) is 8.49. The quantitative estimate of drug-likeness (QED) is 0.850. The van der Waals surface area contributed by atoms with E-state index in [1.54, 1.807) is 0 Å². The molecule has 3 heteroatoms. The van der Waals surface area contributed by atoms with Crippen LogP contribution in [0, 0.1) is 5.92 Å². The second-order valence-electron chi connectivity index (χ2n) is 6.19. The highest BCUT2D eigenvalue weighted by molar-refractivity contribution is 6.89. The molecule has 2 rings (SSSR count). The van der Waals surface area contributed by atoms with Gasteiger partial charge in [0.25, 0.3) is 0 Å². The Morgan fingerprint density at radius 1 is 1.28 bits per heavy atom. The Labute approximate surface area is 111 Å². The van der Waals surface area contributed by atoms with Crippen LogP contribution in [0.4, 0.5) is 0 Å². The summed E-state index contributed by atoms with van der Waals surface area (Å²) in [6.07, 6.45) is 0.840. The van der Waals surface area contributed by atoms with Crippen LogP contribution in [0.25, 0.3) is 0 Å². The van der Waals surface area contributed by atoms with E-state index in [1.165, 1.54) is 5.19 Å². The molecule has 1 heterocycles. The molecule has 0 saturated carbocycles. The molecule has 0 radical (unpaired) electrons. The summed E-state index contributed by atoms with van der Waals surface area (Å²) < 4.78 is 5.89. The van der Waals surface area contributed by atoms with E-state index in [0.29, 0.717) is 6.61 Å². The maximum absolute atomic E-state index is 9.95. The van der Waals surface area contributed by atoms with Crippen molar-refractivity contribution in [3.8, 4) is 0 Å². The summed E-state index contributed by atoms with van der Waals surface area (Å²) in [5.74, 6) is 0.280. The largest absolute Gasteiger partial charge is 0.393 e. The summed E-state index contributed by atoms with van der Waals surface area (Å²) in [6.45, 7) is 7.53. The molecule has 0 amide bonds. The van der Waals surface area contributed by atoms with Crippen LogP contribution in [0.3, 0.4) is 0 Å². The SMILES string of the molecule is C[C@@H]1CO[C@H](C[Si](C)(C)c2ccccc2)C[C@@H]1O. The average molecular weight is 264 g/mol. The lowest BCUT2D eigenvalue weighted by atomic mass is 9.97. The van der Waals surface area contributed by atoms with Gasteiger partial charge in [-0.05, 0) is 12.5 Å². The minimum atomic E-state index is -1.45. The molecule has 0 bridgehead atoms. The maximum Gasteiger partial charge on any atom is 0.0831 e. The van der Waals surface area contributed by atoms with E-state index in [-0.39, 0.29) is 18.1 Å². The smallest absolute Gasteiger partial charge is 0.0831 e. The highest BCUT2D eigenvalue weighted by Crippen LogP contribution is 2.25. The van der Waals surface area contributed by atoms with E-state index >= 15 is 0 Å². The van der Waals surface area contributed by atoms with Crippen LogP contribution < -0.4 is 5.19 Å². The van der Waals surface area contributed by atoms with Gasteiger partial charge < -0.3 is 9.84 Å². The number of hydrogen-bond donors (Lipinski definition) is 1. The van der Waals surface area contributed by atoms with Crippen LogP contribution in [0.1, 0.15) is 13.3 Å². The summed E-state index contributed by atoms with van der Waals surface area (Å²) in [6, 6.07) is 11.9. The van der Waals surface area contributed by atoms with Crippen LogP contribution in [-0.4, -0.2) is 32.0 Å². The predicted octanol–water partition coefficient (Wildman–Crippen LogP) is 2.39. The third-order valence-electron chi connectivity index (χ3n) is 4.05. The molecule has 2 nitrogen and oxygen atoms in total. The Hall–Kier alpha value is -0.643. The van der Waals surface area contributed by atoms with Gasteiger partial charge in [0.1, 0.15) is 0 Å². The van der Waals surface area contributed by atoms with E-state index in [2.05, 4.69) is 50.3 Å². The molecule has 1 aliphatic heterocycles. The van der Waals surface area contributed by atoms with Crippen molar-refractivity contribution in [3.63, 3.8) is 0 Å². The Morgan fingerprint density at radius 3 is 2.56 bits per heavy atom. The van der Waals surface area contributed by atoms with Crippen molar-refractivity contribution in [1.29, 1.82) is 0 Å². The molecule has 18 heavy (non-hydrogen) atoms. The van der Waals surface area contributed by atoms with E-state index in [9.17, 15) is 5.11 Å². The molecule has 1 saturated heterocycles. The fourth-order valence-electron chi connectivity index (χ4n) is 2.69. The summed E-state index contributed by atoms with van der Waals surface area (Å²) in [5, 5.41) is 11.4. The Kier molecular flexibility index (Phi) is 4.25. The van der Waals surface area contributed by atoms with Crippen molar-refractivity contribution in [2.45, 2.75) is 44.7 Å². The lowest BCUT2D eigenvalue weighted by Gasteiger charge is -2.35. The van der Waals surface area contributed by atoms with Crippen molar-refractivity contribution < 1.29 is 9.84 Å². The number of hydrogen-bond acceptors (Lipinski definition) is 2. The van der Waals surface area contributed by atoms with Gasteiger partial charge in [0, 0.05) is 5.92 Å². The van der Waals surface area contributed by atoms with Gasteiger partial charge in [0.15, 0.2) is 0 Å². The molecule has 0 aliphatic carbocycles. The number of benzene rings is 1. The first-order valence-electron chi connectivity index (χ1n) is 6.84. The summed E-state index contributed by atoms with van der Waals surface area (Å²) in [4.78, 5) is 0. The van der Waals surface area contributed by atoms with Crippen molar-refractivity contribution >= 4 is 13.3 Å². The predicted molar refractivity (Wildman–Crippen MR) is 77.9 cm³/mol. The summed E-state index contributed by atoms with van der Waals surface area (Å²) in [5.41, 5.74) is 0. The number of rotatable bonds is 3. The topological polar surface area (TPSA) is 29.5 Å². The van der Waals surface area contributed by atoms with Crippen LogP contribution in [0.2, 0.25) is 19.1 Å². The van der Waals surface area contributed by atoms with Gasteiger partial charge in [-0.2, -0.15) is 0 Å². The van der Waals surface area contributed by atoms with Crippen LogP contribution in [0.5, 0.6) is 0 Å². The molecular weight excluding hydrogens is 240 g/mol. The maximum atomic E-state index is 9.95. The minimum absolute atomic E-state index is 0.190. The van der Waals surface area contributed by atoms with E-state index < -0.39 is 8.07 Å². The number of aliphatic hydroxyl groups excluding tert-OH is 1. The summed E-state index contributed by atoms with van der Waals surface area (Å²) >= 11 is 0. The van der Waals surface area contributed by atoms with Gasteiger partial charge in [-0.25, -0.2) is 0 Å².